The Labute approximate surface area is 266 Å². The van der Waals surface area contributed by atoms with E-state index in [1.54, 1.807) is 4.90 Å². The van der Waals surface area contributed by atoms with Gasteiger partial charge in [-0.2, -0.15) is 0 Å². The molecule has 0 spiro atoms. The minimum atomic E-state index is -0.872. The van der Waals surface area contributed by atoms with Crippen LogP contribution in [0.1, 0.15) is 98.1 Å². The van der Waals surface area contributed by atoms with Crippen LogP contribution >= 0.6 is 0 Å². The van der Waals surface area contributed by atoms with E-state index >= 15 is 0 Å². The summed E-state index contributed by atoms with van der Waals surface area (Å²) in [5, 5.41) is 2.87. The number of ketones is 1. The number of aryl methyl sites for hydroxylation is 1. The minimum absolute atomic E-state index is 0.104. The Morgan fingerprint density at radius 1 is 1.02 bits per heavy atom. The van der Waals surface area contributed by atoms with Gasteiger partial charge < -0.3 is 24.4 Å². The van der Waals surface area contributed by atoms with Crippen LogP contribution in [-0.4, -0.2) is 69.6 Å². The van der Waals surface area contributed by atoms with E-state index in [1.807, 2.05) is 45.9 Å². The van der Waals surface area contributed by atoms with Crippen LogP contribution in [0.3, 0.4) is 0 Å². The first-order valence-corrected chi connectivity index (χ1v) is 16.9. The fourth-order valence-electron chi connectivity index (χ4n) is 6.97. The van der Waals surface area contributed by atoms with E-state index in [2.05, 4.69) is 5.32 Å². The molecule has 6 rings (SSSR count). The highest BCUT2D eigenvalue weighted by Crippen LogP contribution is 2.39. The summed E-state index contributed by atoms with van der Waals surface area (Å²) in [6, 6.07) is 4.28. The summed E-state index contributed by atoms with van der Waals surface area (Å²) in [4.78, 5) is 52.0. The van der Waals surface area contributed by atoms with Gasteiger partial charge in [-0.3, -0.25) is 9.59 Å². The van der Waals surface area contributed by atoms with E-state index in [0.29, 0.717) is 23.7 Å². The van der Waals surface area contributed by atoms with E-state index in [4.69, 9.17) is 24.2 Å². The van der Waals surface area contributed by atoms with Gasteiger partial charge in [0.05, 0.1) is 29.7 Å². The average Bonchev–Trinajstić information content (AvgIpc) is 3.90. The van der Waals surface area contributed by atoms with E-state index < -0.39 is 29.7 Å². The van der Waals surface area contributed by atoms with E-state index in [0.717, 1.165) is 74.7 Å². The van der Waals surface area contributed by atoms with E-state index in [-0.39, 0.29) is 36.4 Å². The van der Waals surface area contributed by atoms with Gasteiger partial charge in [0.15, 0.2) is 5.78 Å². The molecule has 1 N–H and O–H groups in total. The van der Waals surface area contributed by atoms with Crippen molar-refractivity contribution in [2.24, 2.45) is 17.3 Å². The Hall–Kier alpha value is -3.43. The van der Waals surface area contributed by atoms with Crippen molar-refractivity contribution >= 4 is 28.8 Å². The molecule has 10 heteroatoms. The molecule has 1 saturated heterocycles. The number of ether oxygens (including phenoxy) is 3. The van der Waals surface area contributed by atoms with Crippen molar-refractivity contribution in [3.8, 4) is 11.6 Å². The third-order valence-electron chi connectivity index (χ3n) is 9.76. The molecule has 45 heavy (non-hydrogen) atoms. The number of aromatic nitrogens is 2. The summed E-state index contributed by atoms with van der Waals surface area (Å²) in [5.41, 5.74) is 1.67. The summed E-state index contributed by atoms with van der Waals surface area (Å²) in [6.07, 6.45) is 8.65. The van der Waals surface area contributed by atoms with Crippen LogP contribution < -0.4 is 14.8 Å². The van der Waals surface area contributed by atoms with Gasteiger partial charge in [-0.05, 0) is 75.3 Å². The molecule has 0 unspecified atom stereocenters. The highest BCUT2D eigenvalue weighted by Gasteiger charge is 2.50. The molecule has 2 aliphatic heterocycles. The molecule has 2 aromatic rings. The number of amides is 2. The Balaban J connectivity index is 1.35. The van der Waals surface area contributed by atoms with Crippen LogP contribution in [0.15, 0.2) is 18.2 Å². The molecule has 1 aromatic heterocycles. The van der Waals surface area contributed by atoms with Gasteiger partial charge in [-0.15, -0.1) is 0 Å². The van der Waals surface area contributed by atoms with Crippen LogP contribution in [0.2, 0.25) is 0 Å². The van der Waals surface area contributed by atoms with E-state index in [9.17, 15) is 14.4 Å². The zero-order chi connectivity index (χ0) is 31.9. The second kappa shape index (κ2) is 12.8. The van der Waals surface area contributed by atoms with Crippen LogP contribution in [0.5, 0.6) is 11.6 Å². The first kappa shape index (κ1) is 31.5. The van der Waals surface area contributed by atoms with Gasteiger partial charge in [0.1, 0.15) is 29.7 Å². The molecule has 1 aromatic carbocycles. The summed E-state index contributed by atoms with van der Waals surface area (Å²) >= 11 is 0. The fraction of sp³-hybridized carbons (Fsp3) is 0.686. The number of carbonyl (C=O) groups excluding carboxylic acids is 3. The van der Waals surface area contributed by atoms with Crippen molar-refractivity contribution in [2.75, 3.05) is 6.54 Å². The Morgan fingerprint density at radius 3 is 2.51 bits per heavy atom. The van der Waals surface area contributed by atoms with Gasteiger partial charge in [0.2, 0.25) is 11.8 Å². The molecule has 2 bridgehead atoms. The first-order valence-electron chi connectivity index (χ1n) is 16.9. The average molecular weight is 621 g/mol. The van der Waals surface area contributed by atoms with Crippen LogP contribution in [0.4, 0.5) is 4.79 Å². The van der Waals surface area contributed by atoms with Gasteiger partial charge >= 0.3 is 6.09 Å². The summed E-state index contributed by atoms with van der Waals surface area (Å²) in [6.45, 7) is 9.48. The fourth-order valence-corrected chi connectivity index (χ4v) is 6.97. The van der Waals surface area contributed by atoms with Gasteiger partial charge in [0.25, 0.3) is 0 Å². The molecular weight excluding hydrogens is 572 g/mol. The lowest BCUT2D eigenvalue weighted by Crippen LogP contribution is -2.57. The molecule has 2 amide bonds. The molecule has 0 radical (unpaired) electrons. The lowest BCUT2D eigenvalue weighted by atomic mass is 9.85. The molecular formula is C35H48N4O6. The number of alkyl carbamates (subject to hydrolysis) is 1. The lowest BCUT2D eigenvalue weighted by Gasteiger charge is -2.35. The maximum absolute atomic E-state index is 14.3. The standard InChI is InChI=1S/C35H48N4O6/c1-6-24-29-19-39(30(24)20(2)40)33(41)31(35(3,4)5)38-34(42)45-28-17-21(28)11-9-7-8-10-12-26-32(44-29)37-27-18-23(43-22-13-14-22)15-16-25(27)36-26/h15-16,18,21-22,24,28-31H,6-14,17,19H2,1-5H3,(H,38,42)/t21-,24-,28-,29+,30-,31-/m1/s1. The van der Waals surface area contributed by atoms with Crippen molar-refractivity contribution in [1.29, 1.82) is 0 Å². The van der Waals surface area contributed by atoms with Crippen LogP contribution in [0.25, 0.3) is 11.0 Å². The SMILES string of the molecule is CC[C@@H]1[C@@H]2CN(C(=O)[C@H](C(C)(C)C)NC(=O)O[C@@H]3C[C@H]3CCCCCCc3nc4ccc(OC5CC5)cc4nc3O2)[C@@H]1C(C)=O. The van der Waals surface area contributed by atoms with Crippen molar-refractivity contribution in [1.82, 2.24) is 20.2 Å². The largest absolute Gasteiger partial charge is 0.490 e. The first-order chi connectivity index (χ1) is 21.5. The van der Waals surface area contributed by atoms with Crippen LogP contribution in [-0.2, 0) is 20.7 Å². The topological polar surface area (TPSA) is 120 Å². The minimum Gasteiger partial charge on any atom is -0.490 e. The van der Waals surface area contributed by atoms with Crippen molar-refractivity contribution in [3.05, 3.63) is 23.9 Å². The molecule has 3 fully saturated rings. The maximum Gasteiger partial charge on any atom is 0.408 e. The zero-order valence-electron chi connectivity index (χ0n) is 27.3. The number of rotatable bonds is 4. The van der Waals surface area contributed by atoms with Crippen molar-refractivity contribution in [2.45, 2.75) is 129 Å². The number of nitrogens with zero attached hydrogens (tertiary/aromatic N) is 3. The predicted octanol–water partition coefficient (Wildman–Crippen LogP) is 5.78. The third-order valence-corrected chi connectivity index (χ3v) is 9.76. The van der Waals surface area contributed by atoms with Gasteiger partial charge in [-0.25, -0.2) is 14.8 Å². The second-order valence-corrected chi connectivity index (χ2v) is 14.6. The molecule has 2 aliphatic carbocycles. The number of Topliss-reactive ketones (excluding diaryl/α,β-unsaturated/α-hetero) is 1. The predicted molar refractivity (Wildman–Crippen MR) is 169 cm³/mol. The van der Waals surface area contributed by atoms with E-state index in [1.165, 1.54) is 6.92 Å². The number of carbonyl (C=O) groups is 3. The maximum atomic E-state index is 14.3. The highest BCUT2D eigenvalue weighted by molar-refractivity contribution is 5.92. The number of benzene rings is 1. The number of hydrogen-bond acceptors (Lipinski definition) is 8. The molecule has 6 atom stereocenters. The van der Waals surface area contributed by atoms with Crippen molar-refractivity contribution in [3.63, 3.8) is 0 Å². The summed E-state index contributed by atoms with van der Waals surface area (Å²) in [5.74, 6) is 0.944. The highest BCUT2D eigenvalue weighted by atomic mass is 16.6. The summed E-state index contributed by atoms with van der Waals surface area (Å²) in [7, 11) is 0. The molecule has 4 aliphatic rings. The lowest BCUT2D eigenvalue weighted by molar-refractivity contribution is -0.141. The Bertz CT molecular complexity index is 1440. The molecule has 244 valence electrons. The van der Waals surface area contributed by atoms with Gasteiger partial charge in [-0.1, -0.05) is 47.0 Å². The molecule has 2 saturated carbocycles. The second-order valence-electron chi connectivity index (χ2n) is 14.6. The Morgan fingerprint density at radius 2 is 1.80 bits per heavy atom. The van der Waals surface area contributed by atoms with Crippen LogP contribution in [0, 0.1) is 17.3 Å². The normalized spacial score (nSPS) is 29.7. The molecule has 3 heterocycles. The third kappa shape index (κ3) is 7.20. The quantitative estimate of drug-likeness (QED) is 0.457. The Kier molecular flexibility index (Phi) is 8.94. The smallest absolute Gasteiger partial charge is 0.408 e. The number of fused-ring (bicyclic) bond motifs is 5. The van der Waals surface area contributed by atoms with Gasteiger partial charge in [0, 0.05) is 12.0 Å². The summed E-state index contributed by atoms with van der Waals surface area (Å²) < 4.78 is 18.5. The monoisotopic (exact) mass is 620 g/mol. The van der Waals surface area contributed by atoms with Crippen molar-refractivity contribution < 1.29 is 28.6 Å². The number of hydrogen-bond donors (Lipinski definition) is 1. The number of nitrogens with one attached hydrogen (secondary N) is 1. The molecule has 10 nitrogen and oxygen atoms in total. The zero-order valence-corrected chi connectivity index (χ0v) is 27.3.